The van der Waals surface area contributed by atoms with Crippen LogP contribution >= 0.6 is 0 Å². The minimum absolute atomic E-state index is 0.0546. The van der Waals surface area contributed by atoms with E-state index in [0.717, 1.165) is 43.1 Å². The molecule has 2 aliphatic carbocycles. The highest BCUT2D eigenvalue weighted by molar-refractivity contribution is 5.81. The van der Waals surface area contributed by atoms with E-state index in [-0.39, 0.29) is 29.2 Å². The Morgan fingerprint density at radius 1 is 0.969 bits per heavy atom. The molecule has 3 heterocycles. The third-order valence-electron chi connectivity index (χ3n) is 7.43. The first-order valence-corrected chi connectivity index (χ1v) is 12.1. The molecule has 0 aromatic carbocycles. The predicted octanol–water partition coefficient (Wildman–Crippen LogP) is 1.79. The Labute approximate surface area is 187 Å². The fraction of sp³-hybridized carbons (Fsp3) is 0.739. The van der Waals surface area contributed by atoms with E-state index < -0.39 is 0 Å². The molecule has 1 amide bonds. The lowest BCUT2D eigenvalue weighted by atomic mass is 9.89. The number of aryl methyl sites for hydroxylation is 1. The molecule has 32 heavy (non-hydrogen) atoms. The average Bonchev–Trinajstić information content (AvgIpc) is 3.61. The summed E-state index contributed by atoms with van der Waals surface area (Å²) in [6.45, 7) is 2.07. The maximum Gasteiger partial charge on any atom is 0.332 e. The van der Waals surface area contributed by atoms with Crippen molar-refractivity contribution in [3.8, 4) is 6.01 Å². The van der Waals surface area contributed by atoms with Gasteiger partial charge >= 0.3 is 5.69 Å². The highest BCUT2D eigenvalue weighted by Crippen LogP contribution is 2.33. The molecule has 9 heteroatoms. The van der Waals surface area contributed by atoms with E-state index in [1.165, 1.54) is 30.9 Å². The SMILES string of the molecule is Cn1c(=O)c2c(nc(OC3CCN(C(=O)C4CC4)CC3)n2CC2CCCCC2)n(C)c1=O. The standard InChI is InChI=1S/C23H33N5O4/c1-25-19-18(21(30)26(2)23(25)31)28(14-15-6-4-3-5-7-15)22(24-19)32-17-10-12-27(13-11-17)20(29)16-8-9-16/h15-17H,3-14H2,1-2H3. The molecule has 5 rings (SSSR count). The minimum Gasteiger partial charge on any atom is -0.461 e. The third kappa shape index (κ3) is 3.86. The Hall–Kier alpha value is -2.58. The van der Waals surface area contributed by atoms with Crippen LogP contribution in [0.4, 0.5) is 0 Å². The summed E-state index contributed by atoms with van der Waals surface area (Å²) in [5.41, 5.74) is 0.108. The first-order chi connectivity index (χ1) is 15.4. The van der Waals surface area contributed by atoms with Crippen molar-refractivity contribution in [3.63, 3.8) is 0 Å². The second-order valence-corrected chi connectivity index (χ2v) is 9.80. The lowest BCUT2D eigenvalue weighted by Crippen LogP contribution is -2.42. The Morgan fingerprint density at radius 2 is 1.66 bits per heavy atom. The Kier molecular flexibility index (Phi) is 5.59. The van der Waals surface area contributed by atoms with E-state index in [1.54, 1.807) is 7.05 Å². The molecule has 0 unspecified atom stereocenters. The monoisotopic (exact) mass is 443 g/mol. The number of amides is 1. The van der Waals surface area contributed by atoms with E-state index in [4.69, 9.17) is 4.74 Å². The van der Waals surface area contributed by atoms with Gasteiger partial charge in [0.1, 0.15) is 6.10 Å². The zero-order valence-electron chi connectivity index (χ0n) is 19.1. The molecule has 9 nitrogen and oxygen atoms in total. The Bertz CT molecular complexity index is 1130. The van der Waals surface area contributed by atoms with Crippen molar-refractivity contribution in [3.05, 3.63) is 20.8 Å². The Morgan fingerprint density at radius 3 is 2.31 bits per heavy atom. The molecule has 0 radical (unpaired) electrons. The molecule has 2 aromatic heterocycles. The van der Waals surface area contributed by atoms with Crippen molar-refractivity contribution in [2.75, 3.05) is 13.1 Å². The van der Waals surface area contributed by atoms with Gasteiger partial charge in [-0.1, -0.05) is 19.3 Å². The summed E-state index contributed by atoms with van der Waals surface area (Å²) in [6, 6.07) is 0.427. The van der Waals surface area contributed by atoms with Crippen LogP contribution in [-0.4, -0.2) is 48.7 Å². The van der Waals surface area contributed by atoms with Crippen LogP contribution in [0.25, 0.3) is 11.2 Å². The molecule has 2 saturated carbocycles. The van der Waals surface area contributed by atoms with E-state index in [9.17, 15) is 14.4 Å². The van der Waals surface area contributed by atoms with Gasteiger partial charge in [-0.2, -0.15) is 4.98 Å². The smallest absolute Gasteiger partial charge is 0.332 e. The van der Waals surface area contributed by atoms with Crippen LogP contribution in [0.1, 0.15) is 57.8 Å². The van der Waals surface area contributed by atoms with Gasteiger partial charge in [0.2, 0.25) is 5.91 Å². The summed E-state index contributed by atoms with van der Waals surface area (Å²) in [5.74, 6) is 1.000. The van der Waals surface area contributed by atoms with E-state index in [0.29, 0.717) is 42.7 Å². The lowest BCUT2D eigenvalue weighted by Gasteiger charge is -2.32. The van der Waals surface area contributed by atoms with Gasteiger partial charge in [0, 0.05) is 52.5 Å². The van der Waals surface area contributed by atoms with E-state index in [1.807, 2.05) is 9.47 Å². The van der Waals surface area contributed by atoms with E-state index in [2.05, 4.69) is 4.98 Å². The summed E-state index contributed by atoms with van der Waals surface area (Å²) in [7, 11) is 3.16. The maximum atomic E-state index is 13.0. The van der Waals surface area contributed by atoms with Crippen LogP contribution in [-0.2, 0) is 25.4 Å². The van der Waals surface area contributed by atoms with Gasteiger partial charge in [-0.15, -0.1) is 0 Å². The summed E-state index contributed by atoms with van der Waals surface area (Å²) in [4.78, 5) is 44.5. The second-order valence-electron chi connectivity index (χ2n) is 9.80. The predicted molar refractivity (Wildman–Crippen MR) is 120 cm³/mol. The van der Waals surface area contributed by atoms with E-state index >= 15 is 0 Å². The molecule has 0 bridgehead atoms. The fourth-order valence-corrected chi connectivity index (χ4v) is 5.25. The molecule has 0 spiro atoms. The minimum atomic E-state index is -0.386. The number of fused-ring (bicyclic) bond motifs is 1. The van der Waals surface area contributed by atoms with Gasteiger partial charge in [0.25, 0.3) is 11.6 Å². The number of hydrogen-bond acceptors (Lipinski definition) is 5. The van der Waals surface area contributed by atoms with Crippen LogP contribution in [0.5, 0.6) is 6.01 Å². The molecule has 174 valence electrons. The molecular weight excluding hydrogens is 410 g/mol. The van der Waals surface area contributed by atoms with Gasteiger partial charge < -0.3 is 9.64 Å². The first-order valence-electron chi connectivity index (χ1n) is 12.1. The number of hydrogen-bond donors (Lipinski definition) is 0. The third-order valence-corrected chi connectivity index (χ3v) is 7.43. The summed E-state index contributed by atoms with van der Waals surface area (Å²) in [5, 5.41) is 0. The number of carbonyl (C=O) groups excluding carboxylic acids is 1. The molecular formula is C23H33N5O4. The number of piperidine rings is 1. The van der Waals surface area contributed by atoms with Crippen molar-refractivity contribution in [1.82, 2.24) is 23.6 Å². The van der Waals surface area contributed by atoms with Gasteiger partial charge in [-0.3, -0.25) is 23.3 Å². The summed E-state index contributed by atoms with van der Waals surface area (Å²) in [6.07, 6.45) is 9.43. The molecule has 1 saturated heterocycles. The summed E-state index contributed by atoms with van der Waals surface area (Å²) >= 11 is 0. The number of imidazole rings is 1. The molecule has 3 fully saturated rings. The number of likely N-dealkylation sites (tertiary alicyclic amines) is 1. The van der Waals surface area contributed by atoms with Crippen molar-refractivity contribution in [2.24, 2.45) is 25.9 Å². The topological polar surface area (TPSA) is 91.4 Å². The van der Waals surface area contributed by atoms with Crippen LogP contribution in [0.3, 0.4) is 0 Å². The van der Waals surface area contributed by atoms with Crippen molar-refractivity contribution < 1.29 is 9.53 Å². The van der Waals surface area contributed by atoms with Crippen LogP contribution < -0.4 is 16.0 Å². The lowest BCUT2D eigenvalue weighted by molar-refractivity contribution is -0.134. The zero-order valence-corrected chi connectivity index (χ0v) is 19.1. The number of rotatable bonds is 5. The quantitative estimate of drug-likeness (QED) is 0.703. The van der Waals surface area contributed by atoms with Crippen molar-refractivity contribution >= 4 is 17.1 Å². The molecule has 2 aromatic rings. The molecule has 0 N–H and O–H groups in total. The van der Waals surface area contributed by atoms with Crippen molar-refractivity contribution in [1.29, 1.82) is 0 Å². The maximum absolute atomic E-state index is 13.0. The fourth-order valence-electron chi connectivity index (χ4n) is 5.25. The van der Waals surface area contributed by atoms with Gasteiger partial charge in [0.05, 0.1) is 0 Å². The zero-order chi connectivity index (χ0) is 22.4. The number of aromatic nitrogens is 4. The highest BCUT2D eigenvalue weighted by atomic mass is 16.5. The summed E-state index contributed by atoms with van der Waals surface area (Å²) < 4.78 is 10.8. The van der Waals surface area contributed by atoms with Gasteiger partial charge in [0.15, 0.2) is 11.2 Å². The largest absolute Gasteiger partial charge is 0.461 e. The van der Waals surface area contributed by atoms with Crippen molar-refractivity contribution in [2.45, 2.75) is 70.4 Å². The normalized spacial score (nSPS) is 20.8. The average molecular weight is 444 g/mol. The number of carbonyl (C=O) groups is 1. The molecule has 3 aliphatic rings. The van der Waals surface area contributed by atoms with Gasteiger partial charge in [-0.05, 0) is 31.6 Å². The number of ether oxygens (including phenoxy) is 1. The highest BCUT2D eigenvalue weighted by Gasteiger charge is 2.35. The molecule has 1 aliphatic heterocycles. The number of nitrogens with zero attached hydrogens (tertiary/aromatic N) is 5. The first kappa shape index (κ1) is 21.3. The van der Waals surface area contributed by atoms with Gasteiger partial charge in [-0.25, -0.2) is 4.79 Å². The second kappa shape index (κ2) is 8.41. The van der Waals surface area contributed by atoms with Crippen LogP contribution in [0.2, 0.25) is 0 Å². The Balaban J connectivity index is 1.43. The van der Waals surface area contributed by atoms with Crippen LogP contribution in [0, 0.1) is 11.8 Å². The van der Waals surface area contributed by atoms with Crippen LogP contribution in [0.15, 0.2) is 9.59 Å². The molecule has 0 atom stereocenters.